The second-order valence-corrected chi connectivity index (χ2v) is 4.67. The number of nitrogens with zero attached hydrogens (tertiary/aromatic N) is 3. The minimum atomic E-state index is 0.0565. The summed E-state index contributed by atoms with van der Waals surface area (Å²) < 4.78 is 0. The number of likely N-dealkylation sites (N-methyl/N-ethyl adjacent to an activating group) is 2. The van der Waals surface area contributed by atoms with Gasteiger partial charge in [-0.3, -0.25) is 9.69 Å². The minimum Gasteiger partial charge on any atom is -0.345 e. The van der Waals surface area contributed by atoms with Crippen LogP contribution in [0.3, 0.4) is 0 Å². The molecular formula is C12H23N3O. The largest absolute Gasteiger partial charge is 0.345 e. The third-order valence-electron chi connectivity index (χ3n) is 3.07. The molecule has 1 atom stereocenters. The number of rotatable bonds is 3. The molecule has 1 unspecified atom stereocenters. The molecular weight excluding hydrogens is 202 g/mol. The molecule has 1 fully saturated rings. The summed E-state index contributed by atoms with van der Waals surface area (Å²) in [4.78, 5) is 17.7. The highest BCUT2D eigenvalue weighted by molar-refractivity contribution is 5.87. The summed E-state index contributed by atoms with van der Waals surface area (Å²) in [6.45, 7) is 6.53. The molecule has 1 rings (SSSR count). The number of amides is 1. The monoisotopic (exact) mass is 225 g/mol. The molecule has 1 saturated heterocycles. The highest BCUT2D eigenvalue weighted by Crippen LogP contribution is 2.05. The molecule has 4 nitrogen and oxygen atoms in total. The maximum Gasteiger partial charge on any atom is 0.245 e. The predicted octanol–water partition coefficient (Wildman–Crippen LogP) is 0.267. The molecule has 0 spiro atoms. The van der Waals surface area contributed by atoms with E-state index in [1.807, 2.05) is 6.08 Å². The quantitative estimate of drug-likeness (QED) is 0.645. The Morgan fingerprint density at radius 1 is 1.25 bits per heavy atom. The van der Waals surface area contributed by atoms with Crippen LogP contribution in [-0.4, -0.2) is 74.0 Å². The Labute approximate surface area is 98.5 Å². The van der Waals surface area contributed by atoms with Crippen LogP contribution >= 0.6 is 0 Å². The van der Waals surface area contributed by atoms with E-state index in [9.17, 15) is 4.79 Å². The topological polar surface area (TPSA) is 26.8 Å². The van der Waals surface area contributed by atoms with Crippen molar-refractivity contribution in [3.63, 3.8) is 0 Å². The van der Waals surface area contributed by atoms with E-state index in [-0.39, 0.29) is 5.91 Å². The SMILES string of the molecule is CC(C=CC(=O)N(C)C)N1CCN(C)CC1. The van der Waals surface area contributed by atoms with E-state index in [4.69, 9.17) is 0 Å². The Hall–Kier alpha value is -0.870. The molecule has 16 heavy (non-hydrogen) atoms. The summed E-state index contributed by atoms with van der Waals surface area (Å²) in [7, 11) is 5.69. The van der Waals surface area contributed by atoms with Crippen LogP contribution in [0.5, 0.6) is 0 Å². The normalized spacial score (nSPS) is 21.2. The van der Waals surface area contributed by atoms with Gasteiger partial charge in [0.1, 0.15) is 0 Å². The van der Waals surface area contributed by atoms with Gasteiger partial charge in [-0.2, -0.15) is 0 Å². The number of hydrogen-bond acceptors (Lipinski definition) is 3. The van der Waals surface area contributed by atoms with Crippen molar-refractivity contribution in [2.45, 2.75) is 13.0 Å². The Balaban J connectivity index is 2.40. The van der Waals surface area contributed by atoms with E-state index in [1.165, 1.54) is 0 Å². The van der Waals surface area contributed by atoms with Crippen LogP contribution in [0.1, 0.15) is 6.92 Å². The summed E-state index contributed by atoms with van der Waals surface area (Å²) in [5.74, 6) is 0.0565. The van der Waals surface area contributed by atoms with Crippen LogP contribution < -0.4 is 0 Å². The molecule has 1 heterocycles. The molecule has 0 aromatic rings. The minimum absolute atomic E-state index is 0.0565. The molecule has 0 aliphatic carbocycles. The van der Waals surface area contributed by atoms with Crippen LogP contribution in [0.15, 0.2) is 12.2 Å². The van der Waals surface area contributed by atoms with E-state index in [1.54, 1.807) is 25.1 Å². The van der Waals surface area contributed by atoms with Crippen LogP contribution in [-0.2, 0) is 4.79 Å². The first-order valence-electron chi connectivity index (χ1n) is 5.83. The van der Waals surface area contributed by atoms with Crippen molar-refractivity contribution in [2.24, 2.45) is 0 Å². The molecule has 0 N–H and O–H groups in total. The molecule has 1 aliphatic heterocycles. The fraction of sp³-hybridized carbons (Fsp3) is 0.750. The fourth-order valence-corrected chi connectivity index (χ4v) is 1.72. The van der Waals surface area contributed by atoms with Gasteiger partial charge in [0.25, 0.3) is 0 Å². The van der Waals surface area contributed by atoms with Crippen molar-refractivity contribution in [1.82, 2.24) is 14.7 Å². The van der Waals surface area contributed by atoms with Crippen molar-refractivity contribution in [1.29, 1.82) is 0 Å². The first-order chi connectivity index (χ1) is 7.50. The van der Waals surface area contributed by atoms with E-state index < -0.39 is 0 Å². The molecule has 1 aliphatic rings. The standard InChI is InChI=1S/C12H23N3O/c1-11(5-6-12(16)13(2)3)15-9-7-14(4)8-10-15/h5-6,11H,7-10H2,1-4H3. The fourth-order valence-electron chi connectivity index (χ4n) is 1.72. The van der Waals surface area contributed by atoms with Gasteiger partial charge in [0.2, 0.25) is 5.91 Å². The zero-order valence-corrected chi connectivity index (χ0v) is 10.8. The van der Waals surface area contributed by atoms with Gasteiger partial charge in [0.15, 0.2) is 0 Å². The van der Waals surface area contributed by atoms with Crippen molar-refractivity contribution in [2.75, 3.05) is 47.3 Å². The molecule has 0 aromatic heterocycles. The van der Waals surface area contributed by atoms with E-state index in [0.717, 1.165) is 26.2 Å². The van der Waals surface area contributed by atoms with Gasteiger partial charge in [-0.15, -0.1) is 0 Å². The van der Waals surface area contributed by atoms with Crippen molar-refractivity contribution in [3.8, 4) is 0 Å². The lowest BCUT2D eigenvalue weighted by Gasteiger charge is -2.35. The van der Waals surface area contributed by atoms with Crippen molar-refractivity contribution >= 4 is 5.91 Å². The van der Waals surface area contributed by atoms with Gasteiger partial charge >= 0.3 is 0 Å². The predicted molar refractivity (Wildman–Crippen MR) is 66.4 cm³/mol. The summed E-state index contributed by atoms with van der Waals surface area (Å²) in [5.41, 5.74) is 0. The van der Waals surface area contributed by atoms with Crippen LogP contribution in [0.25, 0.3) is 0 Å². The summed E-state index contributed by atoms with van der Waals surface area (Å²) in [6, 6.07) is 0.345. The third kappa shape index (κ3) is 3.94. The average molecular weight is 225 g/mol. The van der Waals surface area contributed by atoms with E-state index >= 15 is 0 Å². The third-order valence-corrected chi connectivity index (χ3v) is 3.07. The lowest BCUT2D eigenvalue weighted by molar-refractivity contribution is -0.123. The zero-order valence-electron chi connectivity index (χ0n) is 10.8. The summed E-state index contributed by atoms with van der Waals surface area (Å²) in [6.07, 6.45) is 3.66. The van der Waals surface area contributed by atoms with Crippen LogP contribution in [0, 0.1) is 0 Å². The molecule has 0 bridgehead atoms. The number of piperazine rings is 1. The maximum atomic E-state index is 11.4. The number of carbonyl (C=O) groups excluding carboxylic acids is 1. The van der Waals surface area contributed by atoms with Gasteiger partial charge in [-0.25, -0.2) is 0 Å². The average Bonchev–Trinajstić information content (AvgIpc) is 2.26. The zero-order chi connectivity index (χ0) is 12.1. The summed E-state index contributed by atoms with van der Waals surface area (Å²) >= 11 is 0. The van der Waals surface area contributed by atoms with Crippen LogP contribution in [0.4, 0.5) is 0 Å². The molecule has 0 saturated carbocycles. The lowest BCUT2D eigenvalue weighted by atomic mass is 10.2. The number of carbonyl (C=O) groups is 1. The van der Waals surface area contributed by atoms with Crippen molar-refractivity contribution < 1.29 is 4.79 Å². The van der Waals surface area contributed by atoms with Gasteiger partial charge < -0.3 is 9.80 Å². The van der Waals surface area contributed by atoms with Gasteiger partial charge in [-0.1, -0.05) is 6.08 Å². The lowest BCUT2D eigenvalue weighted by Crippen LogP contribution is -2.47. The molecule has 4 heteroatoms. The maximum absolute atomic E-state index is 11.4. The molecule has 0 aromatic carbocycles. The van der Waals surface area contributed by atoms with Crippen molar-refractivity contribution in [3.05, 3.63) is 12.2 Å². The molecule has 1 amide bonds. The van der Waals surface area contributed by atoms with Gasteiger partial charge in [0, 0.05) is 52.4 Å². The summed E-state index contributed by atoms with van der Waals surface area (Å²) in [5, 5.41) is 0. The first kappa shape index (κ1) is 13.2. The Morgan fingerprint density at radius 2 is 1.81 bits per heavy atom. The number of hydrogen-bond donors (Lipinski definition) is 0. The highest BCUT2D eigenvalue weighted by Gasteiger charge is 2.17. The van der Waals surface area contributed by atoms with Gasteiger partial charge in [-0.05, 0) is 14.0 Å². The second kappa shape index (κ2) is 6.01. The Morgan fingerprint density at radius 3 is 2.31 bits per heavy atom. The van der Waals surface area contributed by atoms with E-state index in [2.05, 4.69) is 23.8 Å². The Kier molecular flexibility index (Phi) is 4.96. The highest BCUT2D eigenvalue weighted by atomic mass is 16.2. The second-order valence-electron chi connectivity index (χ2n) is 4.67. The molecule has 92 valence electrons. The Bertz CT molecular complexity index is 255. The van der Waals surface area contributed by atoms with E-state index in [0.29, 0.717) is 6.04 Å². The smallest absolute Gasteiger partial charge is 0.245 e. The van der Waals surface area contributed by atoms with Crippen LogP contribution in [0.2, 0.25) is 0 Å². The molecule has 0 radical (unpaired) electrons. The first-order valence-corrected chi connectivity index (χ1v) is 5.83. The van der Waals surface area contributed by atoms with Gasteiger partial charge in [0.05, 0.1) is 0 Å².